The first kappa shape index (κ1) is 10.2. The van der Waals surface area contributed by atoms with E-state index in [2.05, 4.69) is 19.1 Å². The Hall–Kier alpha value is -1.31. The van der Waals surface area contributed by atoms with Gasteiger partial charge in [0.15, 0.2) is 0 Å². The van der Waals surface area contributed by atoms with Crippen molar-refractivity contribution >= 4 is 5.97 Å². The number of benzene rings is 1. The molecule has 2 nitrogen and oxygen atoms in total. The highest BCUT2D eigenvalue weighted by atomic mass is 16.5. The quantitative estimate of drug-likeness (QED) is 0.707. The van der Waals surface area contributed by atoms with Gasteiger partial charge in [-0.2, -0.15) is 0 Å². The molecule has 1 aliphatic carbocycles. The molecule has 0 heterocycles. The van der Waals surface area contributed by atoms with Crippen molar-refractivity contribution in [3.63, 3.8) is 0 Å². The number of rotatable bonds is 3. The van der Waals surface area contributed by atoms with E-state index in [0.717, 1.165) is 0 Å². The Balaban J connectivity index is 2.06. The first-order chi connectivity index (χ1) is 7.25. The van der Waals surface area contributed by atoms with E-state index in [1.165, 1.54) is 5.56 Å². The summed E-state index contributed by atoms with van der Waals surface area (Å²) in [6.45, 7) is 4.44. The lowest BCUT2D eigenvalue weighted by atomic mass is 10.1. The normalized spacial score (nSPS) is 28.5. The highest BCUT2D eigenvalue weighted by Crippen LogP contribution is 2.54. The molecule has 0 bridgehead atoms. The zero-order chi connectivity index (χ0) is 10.8. The number of esters is 1. The third-order valence-corrected chi connectivity index (χ3v) is 3.12. The van der Waals surface area contributed by atoms with Crippen molar-refractivity contribution in [2.75, 3.05) is 6.61 Å². The van der Waals surface area contributed by atoms with Gasteiger partial charge in [-0.05, 0) is 18.4 Å². The summed E-state index contributed by atoms with van der Waals surface area (Å²) in [5, 5.41) is 0. The van der Waals surface area contributed by atoms with Gasteiger partial charge < -0.3 is 4.74 Å². The molecule has 0 aromatic heterocycles. The molecule has 1 fully saturated rings. The molecular formula is C13H16O2. The summed E-state index contributed by atoms with van der Waals surface area (Å²) in [5.74, 6) is 0.822. The van der Waals surface area contributed by atoms with Crippen molar-refractivity contribution in [3.05, 3.63) is 35.9 Å². The van der Waals surface area contributed by atoms with E-state index in [4.69, 9.17) is 4.74 Å². The summed E-state index contributed by atoms with van der Waals surface area (Å²) in [6.07, 6.45) is 0. The van der Waals surface area contributed by atoms with Crippen LogP contribution in [0.25, 0.3) is 0 Å². The molecule has 0 N–H and O–H groups in total. The van der Waals surface area contributed by atoms with E-state index in [9.17, 15) is 4.79 Å². The lowest BCUT2D eigenvalue weighted by molar-refractivity contribution is -0.145. The Bertz CT molecular complexity index is 345. The summed E-state index contributed by atoms with van der Waals surface area (Å²) in [4.78, 5) is 11.6. The summed E-state index contributed by atoms with van der Waals surface area (Å²) in [7, 11) is 0. The minimum absolute atomic E-state index is 0.0427. The zero-order valence-electron chi connectivity index (χ0n) is 9.14. The third-order valence-electron chi connectivity index (χ3n) is 3.12. The van der Waals surface area contributed by atoms with Crippen LogP contribution in [0.3, 0.4) is 0 Å². The lowest BCUT2D eigenvalue weighted by Gasteiger charge is -2.00. The average Bonchev–Trinajstić information content (AvgIpc) is 2.92. The van der Waals surface area contributed by atoms with Crippen LogP contribution >= 0.6 is 0 Å². The van der Waals surface area contributed by atoms with Gasteiger partial charge in [0, 0.05) is 5.92 Å². The molecule has 1 aromatic carbocycles. The molecule has 15 heavy (non-hydrogen) atoms. The van der Waals surface area contributed by atoms with Gasteiger partial charge in [0.2, 0.25) is 0 Å². The number of carbonyl (C=O) groups is 1. The first-order valence-electron chi connectivity index (χ1n) is 5.47. The van der Waals surface area contributed by atoms with E-state index in [0.29, 0.717) is 18.4 Å². The topological polar surface area (TPSA) is 26.3 Å². The Kier molecular flexibility index (Phi) is 2.76. The highest BCUT2D eigenvalue weighted by molar-refractivity contribution is 5.78. The number of ether oxygens (including phenoxy) is 1. The molecule has 0 spiro atoms. The SMILES string of the molecule is CCOC(=O)[C@@H]1[C@@H](C)[C@@H]1c1ccccc1. The van der Waals surface area contributed by atoms with Crippen molar-refractivity contribution in [3.8, 4) is 0 Å². The van der Waals surface area contributed by atoms with Crippen LogP contribution in [0, 0.1) is 11.8 Å². The molecular weight excluding hydrogens is 188 g/mol. The Morgan fingerprint density at radius 2 is 2.00 bits per heavy atom. The van der Waals surface area contributed by atoms with Gasteiger partial charge in [-0.25, -0.2) is 0 Å². The summed E-state index contributed by atoms with van der Waals surface area (Å²) >= 11 is 0. The van der Waals surface area contributed by atoms with E-state index >= 15 is 0 Å². The van der Waals surface area contributed by atoms with E-state index in [1.54, 1.807) is 0 Å². The molecule has 2 rings (SSSR count). The second-order valence-corrected chi connectivity index (χ2v) is 4.07. The average molecular weight is 204 g/mol. The van der Waals surface area contributed by atoms with Crippen molar-refractivity contribution in [1.82, 2.24) is 0 Å². The van der Waals surface area contributed by atoms with Gasteiger partial charge in [-0.1, -0.05) is 37.3 Å². The van der Waals surface area contributed by atoms with Crippen LogP contribution in [0.4, 0.5) is 0 Å². The Labute approximate surface area is 90.3 Å². The monoisotopic (exact) mass is 204 g/mol. The van der Waals surface area contributed by atoms with Gasteiger partial charge in [0.1, 0.15) is 0 Å². The molecule has 0 unspecified atom stereocenters. The van der Waals surface area contributed by atoms with E-state index in [-0.39, 0.29) is 11.9 Å². The summed E-state index contributed by atoms with van der Waals surface area (Å²) < 4.78 is 5.05. The smallest absolute Gasteiger partial charge is 0.309 e. The van der Waals surface area contributed by atoms with Crippen molar-refractivity contribution in [1.29, 1.82) is 0 Å². The zero-order valence-corrected chi connectivity index (χ0v) is 9.14. The van der Waals surface area contributed by atoms with Crippen molar-refractivity contribution in [2.45, 2.75) is 19.8 Å². The molecule has 0 amide bonds. The summed E-state index contributed by atoms with van der Waals surface area (Å²) in [6, 6.07) is 10.2. The van der Waals surface area contributed by atoms with Crippen LogP contribution in [0.15, 0.2) is 30.3 Å². The highest BCUT2D eigenvalue weighted by Gasteiger charge is 2.53. The number of hydrogen-bond donors (Lipinski definition) is 0. The van der Waals surface area contributed by atoms with Crippen molar-refractivity contribution in [2.24, 2.45) is 11.8 Å². The predicted molar refractivity (Wildman–Crippen MR) is 58.5 cm³/mol. The maximum Gasteiger partial charge on any atom is 0.309 e. The largest absolute Gasteiger partial charge is 0.466 e. The maximum absolute atomic E-state index is 11.6. The van der Waals surface area contributed by atoms with Crippen LogP contribution in [-0.4, -0.2) is 12.6 Å². The van der Waals surface area contributed by atoms with E-state index < -0.39 is 0 Å². The molecule has 1 aromatic rings. The van der Waals surface area contributed by atoms with Gasteiger partial charge in [-0.15, -0.1) is 0 Å². The molecule has 0 aliphatic heterocycles. The predicted octanol–water partition coefficient (Wildman–Crippen LogP) is 2.60. The van der Waals surface area contributed by atoms with Crippen molar-refractivity contribution < 1.29 is 9.53 Å². The second-order valence-electron chi connectivity index (χ2n) is 4.07. The fourth-order valence-corrected chi connectivity index (χ4v) is 2.25. The fraction of sp³-hybridized carbons (Fsp3) is 0.462. The minimum Gasteiger partial charge on any atom is -0.466 e. The van der Waals surface area contributed by atoms with Gasteiger partial charge >= 0.3 is 5.97 Å². The fourth-order valence-electron chi connectivity index (χ4n) is 2.25. The second kappa shape index (κ2) is 4.05. The number of hydrogen-bond acceptors (Lipinski definition) is 2. The van der Waals surface area contributed by atoms with Gasteiger partial charge in [0.25, 0.3) is 0 Å². The lowest BCUT2D eigenvalue weighted by Crippen LogP contribution is -2.07. The standard InChI is InChI=1S/C13H16O2/c1-3-15-13(14)12-9(2)11(12)10-7-5-4-6-8-10/h4-9,11-12H,3H2,1-2H3/t9-,11+,12+/m0/s1. The molecule has 0 radical (unpaired) electrons. The minimum atomic E-state index is -0.0427. The third kappa shape index (κ3) is 1.89. The van der Waals surface area contributed by atoms with Crippen LogP contribution in [0.2, 0.25) is 0 Å². The molecule has 1 aliphatic rings. The molecule has 0 saturated heterocycles. The van der Waals surface area contributed by atoms with Gasteiger partial charge in [-0.3, -0.25) is 4.79 Å². The maximum atomic E-state index is 11.6. The van der Waals surface area contributed by atoms with Crippen LogP contribution in [0.1, 0.15) is 25.3 Å². The molecule has 80 valence electrons. The molecule has 1 saturated carbocycles. The molecule has 2 heteroatoms. The molecule has 3 atom stereocenters. The Morgan fingerprint density at radius 3 is 2.60 bits per heavy atom. The summed E-state index contributed by atoms with van der Waals surface area (Å²) in [5.41, 5.74) is 1.25. The first-order valence-corrected chi connectivity index (χ1v) is 5.47. The van der Waals surface area contributed by atoms with Crippen LogP contribution in [-0.2, 0) is 9.53 Å². The van der Waals surface area contributed by atoms with Gasteiger partial charge in [0.05, 0.1) is 12.5 Å². The van der Waals surface area contributed by atoms with E-state index in [1.807, 2.05) is 25.1 Å². The Morgan fingerprint density at radius 1 is 1.33 bits per heavy atom. The number of carbonyl (C=O) groups excluding carboxylic acids is 1. The van der Waals surface area contributed by atoms with Crippen LogP contribution < -0.4 is 0 Å². The van der Waals surface area contributed by atoms with Crippen LogP contribution in [0.5, 0.6) is 0 Å².